The molecule has 0 aliphatic carbocycles. The number of ether oxygens (including phenoxy) is 1. The maximum atomic E-state index is 9.10. The van der Waals surface area contributed by atoms with E-state index in [9.17, 15) is 0 Å². The molecular formula is C26H28O5. The van der Waals surface area contributed by atoms with Gasteiger partial charge in [0.15, 0.2) is 0 Å². The van der Waals surface area contributed by atoms with E-state index in [1.807, 2.05) is 0 Å². The Morgan fingerprint density at radius 1 is 0.774 bits per heavy atom. The zero-order valence-corrected chi connectivity index (χ0v) is 17.8. The summed E-state index contributed by atoms with van der Waals surface area (Å²) in [5.74, 6) is -3.27. The Morgan fingerprint density at radius 2 is 1.23 bits per heavy atom. The molecule has 0 aliphatic rings. The Labute approximate surface area is 182 Å². The van der Waals surface area contributed by atoms with Gasteiger partial charge >= 0.3 is 11.9 Å². The predicted molar refractivity (Wildman–Crippen MR) is 120 cm³/mol. The highest BCUT2D eigenvalue weighted by atomic mass is 16.5. The van der Waals surface area contributed by atoms with Crippen molar-refractivity contribution in [1.29, 1.82) is 0 Å². The minimum absolute atomic E-state index is 0.377. The van der Waals surface area contributed by atoms with E-state index in [2.05, 4.69) is 92.7 Å². The van der Waals surface area contributed by atoms with Crippen LogP contribution in [-0.2, 0) is 20.9 Å². The van der Waals surface area contributed by atoms with E-state index in [0.717, 1.165) is 13.0 Å². The number of rotatable bonds is 7. The van der Waals surface area contributed by atoms with Crippen LogP contribution in [-0.4, -0.2) is 28.8 Å². The normalized spacial score (nSPS) is 10.3. The summed E-state index contributed by atoms with van der Waals surface area (Å²) >= 11 is 0. The zero-order chi connectivity index (χ0) is 22.6. The highest BCUT2D eigenvalue weighted by Gasteiger charge is 2.13. The Balaban J connectivity index is 0.000000501. The van der Waals surface area contributed by atoms with Gasteiger partial charge in [-0.3, -0.25) is 0 Å². The number of hydrogen-bond donors (Lipinski definition) is 2. The quantitative estimate of drug-likeness (QED) is 0.406. The number of aryl methyl sites for hydroxylation is 2. The molecule has 0 heterocycles. The van der Waals surface area contributed by atoms with Crippen molar-refractivity contribution in [1.82, 2.24) is 0 Å². The summed E-state index contributed by atoms with van der Waals surface area (Å²) in [6.45, 7) is 5.70. The topological polar surface area (TPSA) is 83.8 Å². The van der Waals surface area contributed by atoms with Crippen LogP contribution < -0.4 is 0 Å². The molecule has 162 valence electrons. The number of carboxylic acids is 2. The maximum Gasteiger partial charge on any atom is 0.414 e. The molecule has 0 radical (unpaired) electrons. The van der Waals surface area contributed by atoms with Crippen LogP contribution in [0.1, 0.15) is 40.2 Å². The van der Waals surface area contributed by atoms with Gasteiger partial charge in [0.05, 0.1) is 6.61 Å². The van der Waals surface area contributed by atoms with E-state index in [1.165, 1.54) is 27.8 Å². The number of benzene rings is 3. The third-order valence-electron chi connectivity index (χ3n) is 4.69. The smallest absolute Gasteiger partial charge is 0.414 e. The third kappa shape index (κ3) is 8.44. The Bertz CT molecular complexity index is 896. The van der Waals surface area contributed by atoms with Gasteiger partial charge in [-0.15, -0.1) is 0 Å². The first-order valence-electron chi connectivity index (χ1n) is 10.1. The van der Waals surface area contributed by atoms with E-state index >= 15 is 0 Å². The molecule has 5 nitrogen and oxygen atoms in total. The van der Waals surface area contributed by atoms with E-state index in [0.29, 0.717) is 12.5 Å². The fourth-order valence-electron chi connectivity index (χ4n) is 3.44. The number of hydrogen-bond acceptors (Lipinski definition) is 3. The van der Waals surface area contributed by atoms with E-state index in [4.69, 9.17) is 24.5 Å². The molecule has 0 spiro atoms. The molecule has 5 heteroatoms. The zero-order valence-electron chi connectivity index (χ0n) is 17.8. The molecule has 0 aromatic heterocycles. The van der Waals surface area contributed by atoms with Crippen molar-refractivity contribution in [3.63, 3.8) is 0 Å². The Kier molecular flexibility index (Phi) is 9.46. The van der Waals surface area contributed by atoms with E-state index in [-0.39, 0.29) is 0 Å². The summed E-state index contributed by atoms with van der Waals surface area (Å²) in [4.78, 5) is 18.2. The van der Waals surface area contributed by atoms with Crippen molar-refractivity contribution in [2.75, 3.05) is 6.61 Å². The largest absolute Gasteiger partial charge is 0.473 e. The second-order valence-corrected chi connectivity index (χ2v) is 7.32. The van der Waals surface area contributed by atoms with E-state index < -0.39 is 11.9 Å². The van der Waals surface area contributed by atoms with Crippen LogP contribution in [0.4, 0.5) is 0 Å². The molecule has 0 saturated heterocycles. The second-order valence-electron chi connectivity index (χ2n) is 7.32. The molecule has 2 N–H and O–H groups in total. The van der Waals surface area contributed by atoms with Gasteiger partial charge in [0, 0.05) is 12.5 Å². The van der Waals surface area contributed by atoms with E-state index in [1.54, 1.807) is 0 Å². The summed E-state index contributed by atoms with van der Waals surface area (Å²) in [6, 6.07) is 28.0. The molecule has 0 atom stereocenters. The lowest BCUT2D eigenvalue weighted by molar-refractivity contribution is -0.159. The number of aliphatic carboxylic acids is 2. The summed E-state index contributed by atoms with van der Waals surface area (Å²) < 4.78 is 6.00. The summed E-state index contributed by atoms with van der Waals surface area (Å²) in [6.07, 6.45) is 0.985. The molecule has 0 saturated carbocycles. The van der Waals surface area contributed by atoms with Crippen molar-refractivity contribution >= 4 is 11.9 Å². The van der Waals surface area contributed by atoms with Crippen molar-refractivity contribution in [3.05, 3.63) is 107 Å². The minimum atomic E-state index is -1.82. The van der Waals surface area contributed by atoms with Crippen LogP contribution in [0.3, 0.4) is 0 Å². The average Bonchev–Trinajstić information content (AvgIpc) is 2.75. The standard InChI is InChI=1S/C24H26O.C2H2O4/c1-19-15-20(2)17-21(16-19)18-25-14-13-24(22-9-5-3-6-10-22)23-11-7-4-8-12-23;3-1(4)2(5)6/h3-12,15-17,24H,13-14,18H2,1-2H3;(H,3,4)(H,5,6). The van der Waals surface area contributed by atoms with Crippen LogP contribution in [0.5, 0.6) is 0 Å². The van der Waals surface area contributed by atoms with Crippen molar-refractivity contribution in [3.8, 4) is 0 Å². The van der Waals surface area contributed by atoms with Gasteiger partial charge in [-0.05, 0) is 37.0 Å². The lowest BCUT2D eigenvalue weighted by Gasteiger charge is -2.18. The second kappa shape index (κ2) is 12.3. The van der Waals surface area contributed by atoms with Crippen molar-refractivity contribution < 1.29 is 24.5 Å². The molecule has 3 rings (SSSR count). The lowest BCUT2D eigenvalue weighted by Crippen LogP contribution is -2.09. The number of carboxylic acid groups (broad SMARTS) is 2. The lowest BCUT2D eigenvalue weighted by atomic mass is 9.89. The first-order valence-corrected chi connectivity index (χ1v) is 10.1. The van der Waals surface area contributed by atoms with Gasteiger partial charge in [0.25, 0.3) is 0 Å². The molecule has 0 aliphatic heterocycles. The molecule has 0 fully saturated rings. The van der Waals surface area contributed by atoms with Crippen LogP contribution in [0.15, 0.2) is 78.9 Å². The summed E-state index contributed by atoms with van der Waals surface area (Å²) in [5.41, 5.74) is 6.55. The molecule has 3 aromatic rings. The Hall–Kier alpha value is -3.44. The third-order valence-corrected chi connectivity index (χ3v) is 4.69. The van der Waals surface area contributed by atoms with Crippen molar-refractivity contribution in [2.24, 2.45) is 0 Å². The maximum absolute atomic E-state index is 9.10. The van der Waals surface area contributed by atoms with Crippen LogP contribution in [0, 0.1) is 13.8 Å². The SMILES string of the molecule is Cc1cc(C)cc(COCCC(c2ccccc2)c2ccccc2)c1.O=C(O)C(=O)O. The number of carbonyl (C=O) groups is 2. The molecule has 3 aromatic carbocycles. The van der Waals surface area contributed by atoms with Gasteiger partial charge in [-0.2, -0.15) is 0 Å². The molecular weight excluding hydrogens is 392 g/mol. The fraction of sp³-hybridized carbons (Fsp3) is 0.231. The first-order chi connectivity index (χ1) is 14.9. The average molecular weight is 421 g/mol. The van der Waals surface area contributed by atoms with Gasteiger partial charge in [0.1, 0.15) is 0 Å². The predicted octanol–water partition coefficient (Wildman–Crippen LogP) is 5.20. The van der Waals surface area contributed by atoms with Gasteiger partial charge in [-0.25, -0.2) is 9.59 Å². The molecule has 0 bridgehead atoms. The highest BCUT2D eigenvalue weighted by molar-refractivity contribution is 6.27. The summed E-state index contributed by atoms with van der Waals surface area (Å²) in [5, 5.41) is 14.8. The molecule has 0 unspecified atom stereocenters. The van der Waals surface area contributed by atoms with Crippen LogP contribution >= 0.6 is 0 Å². The van der Waals surface area contributed by atoms with Gasteiger partial charge in [0.2, 0.25) is 0 Å². The van der Waals surface area contributed by atoms with Crippen molar-refractivity contribution in [2.45, 2.75) is 32.8 Å². The first kappa shape index (κ1) is 23.8. The van der Waals surface area contributed by atoms with Crippen LogP contribution in [0.2, 0.25) is 0 Å². The van der Waals surface area contributed by atoms with Gasteiger partial charge < -0.3 is 14.9 Å². The molecule has 31 heavy (non-hydrogen) atoms. The van der Waals surface area contributed by atoms with Gasteiger partial charge in [-0.1, -0.05) is 90.0 Å². The monoisotopic (exact) mass is 420 g/mol. The summed E-state index contributed by atoms with van der Waals surface area (Å²) in [7, 11) is 0. The van der Waals surface area contributed by atoms with Crippen LogP contribution in [0.25, 0.3) is 0 Å². The minimum Gasteiger partial charge on any atom is -0.473 e. The molecule has 0 amide bonds. The highest BCUT2D eigenvalue weighted by Crippen LogP contribution is 2.27. The fourth-order valence-corrected chi connectivity index (χ4v) is 3.44. The Morgan fingerprint density at radius 3 is 1.65 bits per heavy atom.